The second-order valence-corrected chi connectivity index (χ2v) is 6.72. The molecule has 0 heterocycles. The van der Waals surface area contributed by atoms with Gasteiger partial charge in [0.05, 0.1) is 10.1 Å². The van der Waals surface area contributed by atoms with E-state index in [-0.39, 0.29) is 5.25 Å². The van der Waals surface area contributed by atoms with Gasteiger partial charge < -0.3 is 0 Å². The lowest BCUT2D eigenvalue weighted by Gasteiger charge is -2.11. The number of benzene rings is 1. The molecule has 2 nitrogen and oxygen atoms in total. The Bertz CT molecular complexity index is 444. The van der Waals surface area contributed by atoms with Gasteiger partial charge in [0.1, 0.15) is 0 Å². The zero-order chi connectivity index (χ0) is 11.6. The summed E-state index contributed by atoms with van der Waals surface area (Å²) in [5, 5.41) is -0.172. The van der Waals surface area contributed by atoms with Crippen molar-refractivity contribution in [3.8, 4) is 0 Å². The fourth-order valence-electron chi connectivity index (χ4n) is 2.16. The Labute approximate surface area is 102 Å². The fourth-order valence-corrected chi connectivity index (χ4v) is 4.19. The van der Waals surface area contributed by atoms with E-state index in [1.807, 2.05) is 0 Å². The van der Waals surface area contributed by atoms with Crippen molar-refractivity contribution in [2.75, 3.05) is 0 Å². The first-order valence-corrected chi connectivity index (χ1v) is 7.61. The molecule has 0 spiro atoms. The van der Waals surface area contributed by atoms with Crippen molar-refractivity contribution >= 4 is 21.4 Å². The van der Waals surface area contributed by atoms with Crippen LogP contribution in [0, 0.1) is 0 Å². The zero-order valence-electron chi connectivity index (χ0n) is 9.02. The summed E-state index contributed by atoms with van der Waals surface area (Å²) in [6.45, 7) is 0. The molecule has 1 aromatic rings. The number of hydrogen-bond acceptors (Lipinski definition) is 2. The lowest BCUT2D eigenvalue weighted by Crippen LogP contribution is -2.17. The van der Waals surface area contributed by atoms with Crippen LogP contribution in [0.1, 0.15) is 31.2 Å². The van der Waals surface area contributed by atoms with Crippen molar-refractivity contribution in [3.05, 3.63) is 29.8 Å². The van der Waals surface area contributed by atoms with Gasteiger partial charge >= 0.3 is 0 Å². The van der Waals surface area contributed by atoms with Crippen molar-refractivity contribution in [1.29, 1.82) is 0 Å². The molecule has 0 bridgehead atoms. The van der Waals surface area contributed by atoms with Crippen LogP contribution in [0.2, 0.25) is 0 Å². The predicted octanol–water partition coefficient (Wildman–Crippen LogP) is 3.14. The van der Waals surface area contributed by atoms with Gasteiger partial charge in [-0.05, 0) is 30.5 Å². The molecule has 1 aliphatic rings. The van der Waals surface area contributed by atoms with E-state index < -0.39 is 9.84 Å². The van der Waals surface area contributed by atoms with Crippen LogP contribution in [0.4, 0.5) is 0 Å². The molecule has 0 unspecified atom stereocenters. The highest BCUT2D eigenvalue weighted by atomic mass is 35.5. The zero-order valence-corrected chi connectivity index (χ0v) is 10.6. The highest BCUT2D eigenvalue weighted by molar-refractivity contribution is 7.92. The third-order valence-electron chi connectivity index (χ3n) is 3.15. The summed E-state index contributed by atoms with van der Waals surface area (Å²) < 4.78 is 24.4. The van der Waals surface area contributed by atoms with E-state index in [1.54, 1.807) is 24.3 Å². The maximum Gasteiger partial charge on any atom is 0.181 e. The Balaban J connectivity index is 2.28. The molecule has 16 heavy (non-hydrogen) atoms. The van der Waals surface area contributed by atoms with Crippen LogP contribution in [-0.4, -0.2) is 13.7 Å². The normalized spacial score (nSPS) is 17.8. The maximum absolute atomic E-state index is 12.2. The van der Waals surface area contributed by atoms with E-state index in [0.29, 0.717) is 10.8 Å². The van der Waals surface area contributed by atoms with Gasteiger partial charge in [0, 0.05) is 5.88 Å². The van der Waals surface area contributed by atoms with Crippen molar-refractivity contribution in [2.24, 2.45) is 0 Å². The fraction of sp³-hybridized carbons (Fsp3) is 0.500. The number of halogens is 1. The average molecular weight is 259 g/mol. The van der Waals surface area contributed by atoms with E-state index in [2.05, 4.69) is 0 Å². The largest absolute Gasteiger partial charge is 0.223 e. The topological polar surface area (TPSA) is 34.1 Å². The summed E-state index contributed by atoms with van der Waals surface area (Å²) in [5.41, 5.74) is 0.951. The number of rotatable bonds is 3. The van der Waals surface area contributed by atoms with E-state index in [0.717, 1.165) is 31.2 Å². The minimum atomic E-state index is -3.11. The average Bonchev–Trinajstić information content (AvgIpc) is 2.83. The smallest absolute Gasteiger partial charge is 0.181 e. The maximum atomic E-state index is 12.2. The summed E-state index contributed by atoms with van der Waals surface area (Å²) >= 11 is 5.67. The summed E-state index contributed by atoms with van der Waals surface area (Å²) in [7, 11) is -3.11. The second kappa shape index (κ2) is 4.76. The monoisotopic (exact) mass is 258 g/mol. The van der Waals surface area contributed by atoms with E-state index >= 15 is 0 Å². The summed E-state index contributed by atoms with van der Waals surface area (Å²) in [4.78, 5) is 0.438. The molecule has 0 atom stereocenters. The van der Waals surface area contributed by atoms with Gasteiger partial charge in [0.15, 0.2) is 9.84 Å². The summed E-state index contributed by atoms with van der Waals surface area (Å²) in [5.74, 6) is 0.420. The Hall–Kier alpha value is -0.540. The van der Waals surface area contributed by atoms with Gasteiger partial charge in [-0.3, -0.25) is 0 Å². The lowest BCUT2D eigenvalue weighted by atomic mass is 10.2. The van der Waals surface area contributed by atoms with Crippen LogP contribution >= 0.6 is 11.6 Å². The Morgan fingerprint density at radius 3 is 2.19 bits per heavy atom. The molecule has 4 heteroatoms. The van der Waals surface area contributed by atoms with Gasteiger partial charge in [-0.2, -0.15) is 0 Å². The van der Waals surface area contributed by atoms with Crippen molar-refractivity contribution in [2.45, 2.75) is 41.7 Å². The molecule has 1 aliphatic carbocycles. The first-order chi connectivity index (χ1) is 7.64. The second-order valence-electron chi connectivity index (χ2n) is 4.23. The van der Waals surface area contributed by atoms with Gasteiger partial charge in [0.25, 0.3) is 0 Å². The molecule has 1 aromatic carbocycles. The van der Waals surface area contributed by atoms with Crippen molar-refractivity contribution in [3.63, 3.8) is 0 Å². The third-order valence-corrected chi connectivity index (χ3v) is 5.73. The summed E-state index contributed by atoms with van der Waals surface area (Å²) in [6.07, 6.45) is 3.67. The SMILES string of the molecule is O=S(=O)(c1ccc(CCl)cc1)C1CCCC1. The Kier molecular flexibility index (Phi) is 3.55. The summed E-state index contributed by atoms with van der Waals surface area (Å²) in [6, 6.07) is 6.92. The third kappa shape index (κ3) is 2.25. The molecule has 0 amide bonds. The van der Waals surface area contributed by atoms with Crippen LogP contribution < -0.4 is 0 Å². The Morgan fingerprint density at radius 1 is 1.12 bits per heavy atom. The van der Waals surface area contributed by atoms with Crippen LogP contribution in [0.5, 0.6) is 0 Å². The molecule has 1 fully saturated rings. The molecule has 0 saturated heterocycles. The van der Waals surface area contributed by atoms with Crippen LogP contribution in [0.15, 0.2) is 29.2 Å². The highest BCUT2D eigenvalue weighted by Gasteiger charge is 2.29. The van der Waals surface area contributed by atoms with Crippen molar-refractivity contribution in [1.82, 2.24) is 0 Å². The minimum Gasteiger partial charge on any atom is -0.223 e. The van der Waals surface area contributed by atoms with Gasteiger partial charge in [-0.25, -0.2) is 8.42 Å². The quantitative estimate of drug-likeness (QED) is 0.781. The highest BCUT2D eigenvalue weighted by Crippen LogP contribution is 2.29. The lowest BCUT2D eigenvalue weighted by molar-refractivity contribution is 0.579. The van der Waals surface area contributed by atoms with Gasteiger partial charge in [-0.15, -0.1) is 11.6 Å². The van der Waals surface area contributed by atoms with Crippen LogP contribution in [0.25, 0.3) is 0 Å². The Morgan fingerprint density at radius 2 is 1.69 bits per heavy atom. The number of hydrogen-bond donors (Lipinski definition) is 0. The molecule has 0 radical (unpaired) electrons. The molecular formula is C12H15ClO2S. The van der Waals surface area contributed by atoms with E-state index in [9.17, 15) is 8.42 Å². The molecular weight excluding hydrogens is 244 g/mol. The standard InChI is InChI=1S/C12H15ClO2S/c13-9-10-5-7-12(8-6-10)16(14,15)11-3-1-2-4-11/h5-8,11H,1-4,9H2. The van der Waals surface area contributed by atoms with Crippen molar-refractivity contribution < 1.29 is 8.42 Å². The predicted molar refractivity (Wildman–Crippen MR) is 65.4 cm³/mol. The molecule has 0 N–H and O–H groups in total. The van der Waals surface area contributed by atoms with E-state index in [1.165, 1.54) is 0 Å². The van der Waals surface area contributed by atoms with Crippen LogP contribution in [0.3, 0.4) is 0 Å². The first kappa shape index (κ1) is 11.9. The molecule has 2 rings (SSSR count). The van der Waals surface area contributed by atoms with Crippen LogP contribution in [-0.2, 0) is 15.7 Å². The minimum absolute atomic E-state index is 0.172. The number of sulfone groups is 1. The molecule has 1 saturated carbocycles. The van der Waals surface area contributed by atoms with E-state index in [4.69, 9.17) is 11.6 Å². The molecule has 0 aromatic heterocycles. The molecule has 88 valence electrons. The first-order valence-electron chi connectivity index (χ1n) is 5.53. The number of alkyl halides is 1. The van der Waals surface area contributed by atoms with Gasteiger partial charge in [0.2, 0.25) is 0 Å². The molecule has 0 aliphatic heterocycles. The van der Waals surface area contributed by atoms with Gasteiger partial charge in [-0.1, -0.05) is 25.0 Å².